The first kappa shape index (κ1) is 32.9. The highest BCUT2D eigenvalue weighted by atomic mass is 19.4. The molecular weight excluding hydrogens is 500 g/mol. The summed E-state index contributed by atoms with van der Waals surface area (Å²) in [6.07, 6.45) is -0.328. The number of halogens is 4. The van der Waals surface area contributed by atoms with E-state index in [1.807, 2.05) is 25.7 Å². The molecule has 0 radical (unpaired) electrons. The molecule has 9 heteroatoms. The number of primary amides is 1. The zero-order chi connectivity index (χ0) is 28.7. The van der Waals surface area contributed by atoms with Crippen LogP contribution < -0.4 is 5.73 Å². The highest BCUT2D eigenvalue weighted by Gasteiger charge is 2.38. The van der Waals surface area contributed by atoms with Gasteiger partial charge in [-0.3, -0.25) is 4.79 Å². The molecule has 0 bridgehead atoms. The van der Waals surface area contributed by atoms with E-state index in [-0.39, 0.29) is 36.0 Å². The molecule has 3 rings (SSSR count). The normalized spacial score (nSPS) is 14.1. The van der Waals surface area contributed by atoms with Crippen molar-refractivity contribution in [2.45, 2.75) is 90.4 Å². The quantitative estimate of drug-likeness (QED) is 0.246. The Morgan fingerprint density at radius 3 is 2.03 bits per heavy atom. The van der Waals surface area contributed by atoms with Gasteiger partial charge in [0.25, 0.3) is 5.91 Å². The van der Waals surface area contributed by atoms with Crippen molar-refractivity contribution in [3.8, 4) is 0 Å². The van der Waals surface area contributed by atoms with Crippen LogP contribution in [0.5, 0.6) is 0 Å². The Bertz CT molecular complexity index is 949. The molecule has 0 heterocycles. The smallest absolute Gasteiger partial charge is 0.404 e. The van der Waals surface area contributed by atoms with E-state index in [4.69, 9.17) is 10.5 Å². The van der Waals surface area contributed by atoms with Crippen molar-refractivity contribution in [2.75, 3.05) is 6.61 Å². The predicted octanol–water partition coefficient (Wildman–Crippen LogP) is 7.85. The van der Waals surface area contributed by atoms with Crippen LogP contribution >= 0.6 is 0 Å². The molecule has 5 nitrogen and oxygen atoms in total. The zero-order valence-corrected chi connectivity index (χ0v) is 22.6. The highest BCUT2D eigenvalue weighted by molar-refractivity contribution is 5.95. The Kier molecular flexibility index (Phi) is 14.5. The van der Waals surface area contributed by atoms with Gasteiger partial charge in [-0.15, -0.1) is 0 Å². The summed E-state index contributed by atoms with van der Waals surface area (Å²) < 4.78 is 55.4. The Balaban J connectivity index is 0.000000682. The number of hydrogen-bond donors (Lipinski definition) is 1. The van der Waals surface area contributed by atoms with Crippen LogP contribution in [0.25, 0.3) is 0 Å². The van der Waals surface area contributed by atoms with Gasteiger partial charge >= 0.3 is 12.3 Å². The molecule has 0 saturated heterocycles. The third kappa shape index (κ3) is 11.5. The molecule has 0 spiro atoms. The molecule has 212 valence electrons. The van der Waals surface area contributed by atoms with Crippen LogP contribution in [0.4, 0.5) is 22.4 Å². The van der Waals surface area contributed by atoms with Gasteiger partial charge in [-0.1, -0.05) is 57.5 Å². The van der Waals surface area contributed by atoms with Gasteiger partial charge in [0.2, 0.25) is 0 Å². The average Bonchev–Trinajstić information content (AvgIpc) is 3.73. The molecule has 2 aromatic carbocycles. The van der Waals surface area contributed by atoms with Gasteiger partial charge in [-0.2, -0.15) is 13.2 Å². The first-order valence-electron chi connectivity index (χ1n) is 13.2. The Morgan fingerprint density at radius 2 is 1.61 bits per heavy atom. The van der Waals surface area contributed by atoms with E-state index in [0.717, 1.165) is 32.6 Å². The molecule has 0 aliphatic heterocycles. The second kappa shape index (κ2) is 16.7. The number of alkyl halides is 3. The molecule has 0 aromatic heterocycles. The number of nitrogens with two attached hydrogens (primary N) is 1. The number of amides is 2. The van der Waals surface area contributed by atoms with Crippen molar-refractivity contribution in [1.29, 1.82) is 0 Å². The number of hydrogen-bond acceptors (Lipinski definition) is 3. The second-order valence-corrected chi connectivity index (χ2v) is 8.88. The first-order valence-corrected chi connectivity index (χ1v) is 13.2. The molecule has 2 aromatic rings. The average molecular weight is 541 g/mol. The molecule has 2 N–H and O–H groups in total. The van der Waals surface area contributed by atoms with Crippen molar-refractivity contribution in [2.24, 2.45) is 5.73 Å². The molecule has 2 atom stereocenters. The summed E-state index contributed by atoms with van der Waals surface area (Å²) in [6.45, 7) is 7.35. The third-order valence-corrected chi connectivity index (χ3v) is 6.00. The Hall–Kier alpha value is -3.10. The van der Waals surface area contributed by atoms with Crippen molar-refractivity contribution < 1.29 is 31.9 Å². The van der Waals surface area contributed by atoms with Crippen LogP contribution in [0.3, 0.4) is 0 Å². The molecule has 2 amide bonds. The van der Waals surface area contributed by atoms with Gasteiger partial charge in [-0.05, 0) is 68.9 Å². The minimum absolute atomic E-state index is 0.00903. The van der Waals surface area contributed by atoms with Crippen LogP contribution in [0.2, 0.25) is 0 Å². The number of carbonyl (C=O) groups is 2. The second-order valence-electron chi connectivity index (χ2n) is 8.88. The van der Waals surface area contributed by atoms with Gasteiger partial charge in [0.15, 0.2) is 0 Å². The Labute approximate surface area is 223 Å². The maximum atomic E-state index is 13.2. The number of nitrogens with zero attached hydrogens (tertiary/aromatic N) is 1. The van der Waals surface area contributed by atoms with E-state index in [9.17, 15) is 27.2 Å². The summed E-state index contributed by atoms with van der Waals surface area (Å²) >= 11 is 0. The maximum absolute atomic E-state index is 13.2. The monoisotopic (exact) mass is 540 g/mol. The van der Waals surface area contributed by atoms with E-state index in [0.29, 0.717) is 18.4 Å². The van der Waals surface area contributed by atoms with Crippen molar-refractivity contribution in [1.82, 2.24) is 4.90 Å². The fourth-order valence-electron chi connectivity index (χ4n) is 3.90. The molecule has 38 heavy (non-hydrogen) atoms. The Morgan fingerprint density at radius 1 is 1.03 bits per heavy atom. The fraction of sp³-hybridized carbons (Fsp3) is 0.517. The summed E-state index contributed by atoms with van der Waals surface area (Å²) in [4.78, 5) is 25.7. The minimum atomic E-state index is -4.31. The molecule has 1 aliphatic rings. The molecular formula is C29H40F4N2O3. The van der Waals surface area contributed by atoms with Gasteiger partial charge in [0, 0.05) is 17.6 Å². The van der Waals surface area contributed by atoms with Crippen LogP contribution in [-0.2, 0) is 4.74 Å². The largest absolute Gasteiger partial charge is 0.450 e. The van der Waals surface area contributed by atoms with E-state index in [1.165, 1.54) is 36.4 Å². The van der Waals surface area contributed by atoms with E-state index >= 15 is 0 Å². The third-order valence-electron chi connectivity index (χ3n) is 6.00. The standard InChI is InChI=1S/C21H29F3N2O3.C6H5F.C2H6/c1-3-5-17(6-4-13-29-20(25)28)26(18-11-12-18)19(27)16-9-7-15(8-10-16)14(2)21(22,23)24;7-6-4-2-1-3-5-6;1-2/h7-10,14,17-18H,3-6,11-13H2,1-2H3,(H2,25,28);1-5H;1-2H3/t14-,17?;;/m1../s1. The summed E-state index contributed by atoms with van der Waals surface area (Å²) in [5.41, 5.74) is 5.51. The van der Waals surface area contributed by atoms with Gasteiger partial charge in [0.05, 0.1) is 12.5 Å². The lowest BCUT2D eigenvalue weighted by Crippen LogP contribution is -2.42. The van der Waals surface area contributed by atoms with Crippen LogP contribution in [0.1, 0.15) is 88.1 Å². The van der Waals surface area contributed by atoms with Gasteiger partial charge in [0.1, 0.15) is 5.82 Å². The summed E-state index contributed by atoms with van der Waals surface area (Å²) in [5, 5.41) is 0. The molecule has 1 fully saturated rings. The number of benzene rings is 2. The predicted molar refractivity (Wildman–Crippen MR) is 141 cm³/mol. The van der Waals surface area contributed by atoms with Crippen LogP contribution in [0, 0.1) is 5.82 Å². The van der Waals surface area contributed by atoms with Crippen LogP contribution in [-0.4, -0.2) is 41.8 Å². The lowest BCUT2D eigenvalue weighted by atomic mass is 9.98. The minimum Gasteiger partial charge on any atom is -0.450 e. The lowest BCUT2D eigenvalue weighted by Gasteiger charge is -2.32. The summed E-state index contributed by atoms with van der Waals surface area (Å²) in [7, 11) is 0. The van der Waals surface area contributed by atoms with E-state index in [2.05, 4.69) is 0 Å². The first-order chi connectivity index (χ1) is 18.0. The highest BCUT2D eigenvalue weighted by Crippen LogP contribution is 2.35. The van der Waals surface area contributed by atoms with Gasteiger partial charge in [-0.25, -0.2) is 9.18 Å². The van der Waals surface area contributed by atoms with Crippen molar-refractivity contribution >= 4 is 12.0 Å². The van der Waals surface area contributed by atoms with E-state index in [1.54, 1.807) is 18.2 Å². The fourth-order valence-corrected chi connectivity index (χ4v) is 3.90. The maximum Gasteiger partial charge on any atom is 0.404 e. The van der Waals surface area contributed by atoms with Crippen LogP contribution in [0.15, 0.2) is 54.6 Å². The SMILES string of the molecule is CC.CCCC(CCCOC(N)=O)N(C(=O)c1ccc([C@@H](C)C(F)(F)F)cc1)C1CC1.Fc1ccccc1. The lowest BCUT2D eigenvalue weighted by molar-refractivity contribution is -0.146. The molecule has 1 aliphatic carbocycles. The number of rotatable bonds is 10. The topological polar surface area (TPSA) is 72.6 Å². The van der Waals surface area contributed by atoms with Crippen molar-refractivity contribution in [3.05, 3.63) is 71.5 Å². The summed E-state index contributed by atoms with van der Waals surface area (Å²) in [5.74, 6) is -1.92. The van der Waals surface area contributed by atoms with Crippen molar-refractivity contribution in [3.63, 3.8) is 0 Å². The number of ether oxygens (including phenoxy) is 1. The van der Waals surface area contributed by atoms with Gasteiger partial charge < -0.3 is 15.4 Å². The number of carbonyl (C=O) groups excluding carboxylic acids is 2. The summed E-state index contributed by atoms with van der Waals surface area (Å²) in [6, 6.07) is 13.8. The van der Waals surface area contributed by atoms with E-state index < -0.39 is 18.2 Å². The zero-order valence-electron chi connectivity index (χ0n) is 22.6. The molecule has 1 unspecified atom stereocenters. The molecule has 1 saturated carbocycles.